The van der Waals surface area contributed by atoms with Crippen LogP contribution in [0.4, 0.5) is 0 Å². The highest BCUT2D eigenvalue weighted by Crippen LogP contribution is 2.28. The number of hydrogen-bond acceptors (Lipinski definition) is 7. The Labute approximate surface area is 209 Å². The number of nitrogens with zero attached hydrogens (tertiary/aromatic N) is 5. The molecular weight excluding hydrogens is 516 g/mol. The number of thioether (sulfide) groups is 1. The van der Waals surface area contributed by atoms with Crippen molar-refractivity contribution >= 4 is 39.3 Å². The summed E-state index contributed by atoms with van der Waals surface area (Å²) in [4.78, 5) is 16.7. The van der Waals surface area contributed by atoms with E-state index in [1.807, 2.05) is 72.2 Å². The third-order valence-electron chi connectivity index (χ3n) is 4.81. The van der Waals surface area contributed by atoms with Crippen molar-refractivity contribution in [2.75, 3.05) is 12.9 Å². The van der Waals surface area contributed by atoms with Crippen molar-refractivity contribution in [2.24, 2.45) is 5.10 Å². The zero-order valence-corrected chi connectivity index (χ0v) is 20.9. The molecule has 2 aromatic heterocycles. The van der Waals surface area contributed by atoms with E-state index in [0.717, 1.165) is 27.0 Å². The van der Waals surface area contributed by atoms with Gasteiger partial charge in [0.05, 0.1) is 18.6 Å². The van der Waals surface area contributed by atoms with Crippen molar-refractivity contribution in [3.8, 4) is 22.8 Å². The number of methoxy groups -OCH3 is 1. The smallest absolute Gasteiger partial charge is 0.250 e. The van der Waals surface area contributed by atoms with Crippen molar-refractivity contribution in [3.05, 3.63) is 83.1 Å². The van der Waals surface area contributed by atoms with Gasteiger partial charge in [0.25, 0.3) is 5.91 Å². The lowest BCUT2D eigenvalue weighted by Crippen LogP contribution is -2.21. The number of pyridine rings is 1. The maximum absolute atomic E-state index is 12.5. The first-order chi connectivity index (χ1) is 16.5. The number of aromatic nitrogens is 4. The molecule has 0 radical (unpaired) electrons. The first-order valence-corrected chi connectivity index (χ1v) is 12.0. The molecular formula is C24H21BrN6O2S. The van der Waals surface area contributed by atoms with Gasteiger partial charge in [-0.25, -0.2) is 5.43 Å². The molecule has 0 bridgehead atoms. The molecule has 0 fully saturated rings. The van der Waals surface area contributed by atoms with Crippen LogP contribution in [0.2, 0.25) is 0 Å². The number of carbonyl (C=O) groups excluding carboxylic acids is 1. The number of hydrazone groups is 1. The van der Waals surface area contributed by atoms with Crippen LogP contribution in [0.1, 0.15) is 12.5 Å². The molecule has 8 nitrogen and oxygen atoms in total. The van der Waals surface area contributed by atoms with Gasteiger partial charge in [-0.1, -0.05) is 39.8 Å². The summed E-state index contributed by atoms with van der Waals surface area (Å²) in [5.74, 6) is 1.24. The summed E-state index contributed by atoms with van der Waals surface area (Å²) < 4.78 is 8.11. The van der Waals surface area contributed by atoms with Crippen LogP contribution in [0, 0.1) is 0 Å². The van der Waals surface area contributed by atoms with Crippen molar-refractivity contribution in [1.29, 1.82) is 0 Å². The fourth-order valence-corrected chi connectivity index (χ4v) is 4.10. The highest BCUT2D eigenvalue weighted by molar-refractivity contribution is 9.10. The van der Waals surface area contributed by atoms with Gasteiger partial charge in [-0.05, 0) is 55.5 Å². The molecule has 4 rings (SSSR count). The highest BCUT2D eigenvalue weighted by atomic mass is 79.9. The highest BCUT2D eigenvalue weighted by Gasteiger charge is 2.17. The lowest BCUT2D eigenvalue weighted by molar-refractivity contribution is -0.118. The van der Waals surface area contributed by atoms with E-state index in [4.69, 9.17) is 4.74 Å². The van der Waals surface area contributed by atoms with Crippen LogP contribution in [-0.4, -0.2) is 44.2 Å². The van der Waals surface area contributed by atoms with Crippen LogP contribution >= 0.6 is 27.7 Å². The van der Waals surface area contributed by atoms with Gasteiger partial charge in [-0.15, -0.1) is 10.2 Å². The number of benzene rings is 2. The Balaban J connectivity index is 1.51. The standard InChI is InChI=1S/C24H21BrN6O2S/c1-16(17-5-3-7-21(13-17)33-2)27-28-22(32)15-34-24-30-29-23(18-6-4-12-26-14-18)31(24)20-10-8-19(25)9-11-20/h3-14H,15H2,1-2H3,(H,28,32). The SMILES string of the molecule is COc1cccc(C(C)=NNC(=O)CSc2nnc(-c3cccnc3)n2-c2ccc(Br)cc2)c1. The van der Waals surface area contributed by atoms with Crippen LogP contribution in [0.5, 0.6) is 5.75 Å². The van der Waals surface area contributed by atoms with Gasteiger partial charge in [0, 0.05) is 33.7 Å². The summed E-state index contributed by atoms with van der Waals surface area (Å²) in [6, 6.07) is 19.1. The van der Waals surface area contributed by atoms with Crippen LogP contribution in [0.15, 0.2) is 87.8 Å². The Hall–Kier alpha value is -3.50. The van der Waals surface area contributed by atoms with Crippen LogP contribution < -0.4 is 10.2 Å². The zero-order chi connectivity index (χ0) is 23.9. The summed E-state index contributed by atoms with van der Waals surface area (Å²) in [6.07, 6.45) is 3.44. The van der Waals surface area contributed by atoms with E-state index in [1.54, 1.807) is 19.5 Å². The van der Waals surface area contributed by atoms with Gasteiger partial charge in [-0.3, -0.25) is 14.3 Å². The van der Waals surface area contributed by atoms with E-state index in [1.165, 1.54) is 11.8 Å². The molecule has 0 aliphatic rings. The van der Waals surface area contributed by atoms with Crippen LogP contribution in [0.3, 0.4) is 0 Å². The number of carbonyl (C=O) groups is 1. The van der Waals surface area contributed by atoms with Crippen molar-refractivity contribution in [2.45, 2.75) is 12.1 Å². The third-order valence-corrected chi connectivity index (χ3v) is 6.26. The lowest BCUT2D eigenvalue weighted by Gasteiger charge is -2.10. The maximum Gasteiger partial charge on any atom is 0.250 e. The number of hydrogen-bond donors (Lipinski definition) is 1. The van der Waals surface area contributed by atoms with Crippen molar-refractivity contribution in [1.82, 2.24) is 25.2 Å². The predicted octanol–water partition coefficient (Wildman–Crippen LogP) is 4.73. The van der Waals surface area contributed by atoms with Crippen LogP contribution in [-0.2, 0) is 4.79 Å². The monoisotopic (exact) mass is 536 g/mol. The first kappa shape index (κ1) is 23.7. The largest absolute Gasteiger partial charge is 0.497 e. The molecule has 0 aliphatic carbocycles. The Morgan fingerprint density at radius 3 is 2.71 bits per heavy atom. The number of nitrogens with one attached hydrogen (secondary N) is 1. The zero-order valence-electron chi connectivity index (χ0n) is 18.5. The van der Waals surface area contributed by atoms with E-state index < -0.39 is 0 Å². The minimum Gasteiger partial charge on any atom is -0.497 e. The molecule has 0 spiro atoms. The molecule has 2 heterocycles. The van der Waals surface area contributed by atoms with Crippen molar-refractivity contribution < 1.29 is 9.53 Å². The van der Waals surface area contributed by atoms with Gasteiger partial charge in [0.2, 0.25) is 0 Å². The minimum absolute atomic E-state index is 0.122. The summed E-state index contributed by atoms with van der Waals surface area (Å²) >= 11 is 4.75. The number of rotatable bonds is 8. The van der Waals surface area contributed by atoms with E-state index in [-0.39, 0.29) is 11.7 Å². The third kappa shape index (κ3) is 5.70. The van der Waals surface area contributed by atoms with Gasteiger partial charge in [0.1, 0.15) is 5.75 Å². The Morgan fingerprint density at radius 1 is 1.15 bits per heavy atom. The quantitative estimate of drug-likeness (QED) is 0.198. The summed E-state index contributed by atoms with van der Waals surface area (Å²) in [7, 11) is 1.61. The number of halogens is 1. The second-order valence-electron chi connectivity index (χ2n) is 7.11. The molecule has 2 aromatic carbocycles. The fourth-order valence-electron chi connectivity index (χ4n) is 3.09. The van der Waals surface area contributed by atoms with E-state index in [0.29, 0.717) is 16.7 Å². The minimum atomic E-state index is -0.250. The summed E-state index contributed by atoms with van der Waals surface area (Å²) in [5.41, 5.74) is 5.85. The second kappa shape index (κ2) is 11.1. The summed E-state index contributed by atoms with van der Waals surface area (Å²) in [6.45, 7) is 1.83. The molecule has 172 valence electrons. The molecule has 34 heavy (non-hydrogen) atoms. The van der Waals surface area contributed by atoms with E-state index in [9.17, 15) is 4.79 Å². The Morgan fingerprint density at radius 2 is 1.97 bits per heavy atom. The fraction of sp³-hybridized carbons (Fsp3) is 0.125. The summed E-state index contributed by atoms with van der Waals surface area (Å²) in [5, 5.41) is 13.5. The molecule has 1 N–H and O–H groups in total. The molecule has 0 aliphatic heterocycles. The molecule has 0 saturated carbocycles. The molecule has 0 unspecified atom stereocenters. The lowest BCUT2D eigenvalue weighted by atomic mass is 10.1. The maximum atomic E-state index is 12.5. The molecule has 4 aromatic rings. The van der Waals surface area contributed by atoms with Gasteiger partial charge >= 0.3 is 0 Å². The van der Waals surface area contributed by atoms with E-state index >= 15 is 0 Å². The first-order valence-electron chi connectivity index (χ1n) is 10.3. The topological polar surface area (TPSA) is 94.3 Å². The Kier molecular flexibility index (Phi) is 7.71. The Bertz CT molecular complexity index is 1310. The second-order valence-corrected chi connectivity index (χ2v) is 8.97. The normalized spacial score (nSPS) is 11.3. The van der Waals surface area contributed by atoms with Gasteiger partial charge < -0.3 is 4.74 Å². The predicted molar refractivity (Wildman–Crippen MR) is 136 cm³/mol. The molecule has 0 saturated heterocycles. The molecule has 0 atom stereocenters. The van der Waals surface area contributed by atoms with Crippen molar-refractivity contribution in [3.63, 3.8) is 0 Å². The average molecular weight is 537 g/mol. The molecule has 10 heteroatoms. The number of amides is 1. The van der Waals surface area contributed by atoms with Gasteiger partial charge in [-0.2, -0.15) is 5.10 Å². The van der Waals surface area contributed by atoms with Gasteiger partial charge in [0.15, 0.2) is 11.0 Å². The van der Waals surface area contributed by atoms with E-state index in [2.05, 4.69) is 41.6 Å². The molecule has 1 amide bonds. The average Bonchev–Trinajstić information content (AvgIpc) is 3.31. The van der Waals surface area contributed by atoms with Crippen LogP contribution in [0.25, 0.3) is 17.1 Å². The number of ether oxygens (including phenoxy) is 1.